The summed E-state index contributed by atoms with van der Waals surface area (Å²) in [5.74, 6) is 0.670. The summed E-state index contributed by atoms with van der Waals surface area (Å²) >= 11 is 0. The fraction of sp³-hybridized carbons (Fsp3) is 0.650. The van der Waals surface area contributed by atoms with Gasteiger partial charge in [-0.3, -0.25) is 4.99 Å². The fourth-order valence-electron chi connectivity index (χ4n) is 3.01. The number of ether oxygens (including phenoxy) is 1. The van der Waals surface area contributed by atoms with E-state index < -0.39 is 0 Å². The summed E-state index contributed by atoms with van der Waals surface area (Å²) in [6.07, 6.45) is 2.69. The van der Waals surface area contributed by atoms with Crippen LogP contribution in [0.1, 0.15) is 45.6 Å². The molecule has 0 aliphatic carbocycles. The van der Waals surface area contributed by atoms with Crippen LogP contribution in [0.5, 0.6) is 5.75 Å². The van der Waals surface area contributed by atoms with E-state index in [1.807, 2.05) is 24.9 Å². The summed E-state index contributed by atoms with van der Waals surface area (Å²) in [5.41, 5.74) is 0.867. The molecule has 0 heterocycles. The maximum atomic E-state index is 13.9. The Bertz CT molecular complexity index is 580. The fourth-order valence-corrected chi connectivity index (χ4v) is 3.01. The highest BCUT2D eigenvalue weighted by Crippen LogP contribution is 2.30. The maximum Gasteiger partial charge on any atom is 0.193 e. The van der Waals surface area contributed by atoms with Gasteiger partial charge in [0, 0.05) is 33.3 Å². The number of halogens is 2. The second kappa shape index (κ2) is 13.1. The average Bonchev–Trinajstić information content (AvgIpc) is 2.64. The number of rotatable bonds is 10. The first-order valence-corrected chi connectivity index (χ1v) is 9.38. The molecular weight excluding hydrogens is 460 g/mol. The zero-order valence-corrected chi connectivity index (χ0v) is 19.5. The Hall–Kier alpha value is -1.09. The number of aliphatic hydroxyl groups is 1. The van der Waals surface area contributed by atoms with E-state index >= 15 is 0 Å². The van der Waals surface area contributed by atoms with Gasteiger partial charge in [-0.2, -0.15) is 0 Å². The van der Waals surface area contributed by atoms with E-state index in [1.54, 1.807) is 6.07 Å². The SMILES string of the molecule is CCNC(=NCC(CC)(CC)CCO)N(C)Cc1ccc(OC)c(F)c1.I. The van der Waals surface area contributed by atoms with Gasteiger partial charge in [0.25, 0.3) is 0 Å². The van der Waals surface area contributed by atoms with Crippen molar-refractivity contribution in [2.45, 2.75) is 46.6 Å². The van der Waals surface area contributed by atoms with Gasteiger partial charge < -0.3 is 20.1 Å². The largest absolute Gasteiger partial charge is 0.494 e. The zero-order chi connectivity index (χ0) is 19.6. The number of benzene rings is 1. The van der Waals surface area contributed by atoms with E-state index in [0.29, 0.717) is 13.1 Å². The summed E-state index contributed by atoms with van der Waals surface area (Å²) in [6, 6.07) is 4.99. The molecule has 27 heavy (non-hydrogen) atoms. The average molecular weight is 495 g/mol. The van der Waals surface area contributed by atoms with Crippen LogP contribution < -0.4 is 10.1 Å². The number of aliphatic imine (C=N–C) groups is 1. The Kier molecular flexibility index (Phi) is 12.6. The first-order valence-electron chi connectivity index (χ1n) is 9.38. The quantitative estimate of drug-likeness (QED) is 0.292. The van der Waals surface area contributed by atoms with E-state index in [4.69, 9.17) is 9.73 Å². The third kappa shape index (κ3) is 7.81. The van der Waals surface area contributed by atoms with Crippen molar-refractivity contribution in [2.75, 3.05) is 33.9 Å². The second-order valence-electron chi connectivity index (χ2n) is 6.68. The van der Waals surface area contributed by atoms with Crippen molar-refractivity contribution in [2.24, 2.45) is 10.4 Å². The van der Waals surface area contributed by atoms with Gasteiger partial charge in [-0.1, -0.05) is 19.9 Å². The minimum absolute atomic E-state index is 0. The summed E-state index contributed by atoms with van der Waals surface area (Å²) < 4.78 is 18.9. The molecule has 0 saturated heterocycles. The Labute approximate surface area is 180 Å². The van der Waals surface area contributed by atoms with Gasteiger partial charge in [-0.15, -0.1) is 24.0 Å². The van der Waals surface area contributed by atoms with Gasteiger partial charge in [-0.25, -0.2) is 4.39 Å². The predicted octanol–water partition coefficient (Wildman–Crippen LogP) is 4.04. The van der Waals surface area contributed by atoms with E-state index in [9.17, 15) is 9.50 Å². The molecule has 1 rings (SSSR count). The molecule has 0 fully saturated rings. The lowest BCUT2D eigenvalue weighted by molar-refractivity contribution is 0.175. The molecule has 0 atom stereocenters. The number of nitrogens with zero attached hydrogens (tertiary/aromatic N) is 2. The molecule has 0 aliphatic heterocycles. The highest BCUT2D eigenvalue weighted by Gasteiger charge is 2.25. The Balaban J connectivity index is 0.00000676. The smallest absolute Gasteiger partial charge is 0.193 e. The minimum Gasteiger partial charge on any atom is -0.494 e. The molecule has 0 aromatic heterocycles. The van der Waals surface area contributed by atoms with Crippen molar-refractivity contribution < 1.29 is 14.2 Å². The molecule has 0 aliphatic rings. The molecule has 156 valence electrons. The molecule has 0 spiro atoms. The number of aliphatic hydroxyl groups excluding tert-OH is 1. The molecule has 7 heteroatoms. The molecule has 0 bridgehead atoms. The molecule has 0 amide bonds. The maximum absolute atomic E-state index is 13.9. The van der Waals surface area contributed by atoms with Crippen LogP contribution in [-0.4, -0.2) is 49.8 Å². The number of hydrogen-bond donors (Lipinski definition) is 2. The lowest BCUT2D eigenvalue weighted by atomic mass is 9.79. The zero-order valence-electron chi connectivity index (χ0n) is 17.2. The first-order chi connectivity index (χ1) is 12.4. The number of nitrogens with one attached hydrogen (secondary N) is 1. The van der Waals surface area contributed by atoms with E-state index in [-0.39, 0.29) is 47.6 Å². The van der Waals surface area contributed by atoms with Crippen molar-refractivity contribution >= 4 is 29.9 Å². The van der Waals surface area contributed by atoms with Gasteiger partial charge >= 0.3 is 0 Å². The van der Waals surface area contributed by atoms with Crippen LogP contribution in [0.25, 0.3) is 0 Å². The van der Waals surface area contributed by atoms with Crippen molar-refractivity contribution in [1.29, 1.82) is 0 Å². The van der Waals surface area contributed by atoms with Crippen LogP contribution >= 0.6 is 24.0 Å². The summed E-state index contributed by atoms with van der Waals surface area (Å²) in [5, 5.41) is 12.7. The second-order valence-corrected chi connectivity index (χ2v) is 6.68. The lowest BCUT2D eigenvalue weighted by Crippen LogP contribution is -2.39. The van der Waals surface area contributed by atoms with Crippen molar-refractivity contribution in [3.8, 4) is 5.75 Å². The Morgan fingerprint density at radius 3 is 2.44 bits per heavy atom. The van der Waals surface area contributed by atoms with Crippen LogP contribution in [0.15, 0.2) is 23.2 Å². The Morgan fingerprint density at radius 1 is 1.30 bits per heavy atom. The molecule has 2 N–H and O–H groups in total. The van der Waals surface area contributed by atoms with Crippen LogP contribution in [0, 0.1) is 11.2 Å². The van der Waals surface area contributed by atoms with E-state index in [0.717, 1.165) is 37.3 Å². The molecule has 1 aromatic carbocycles. The molecule has 0 radical (unpaired) electrons. The topological polar surface area (TPSA) is 57.1 Å². The van der Waals surface area contributed by atoms with Crippen molar-refractivity contribution in [3.05, 3.63) is 29.6 Å². The summed E-state index contributed by atoms with van der Waals surface area (Å²) in [6.45, 7) is 8.44. The Morgan fingerprint density at radius 2 is 1.96 bits per heavy atom. The monoisotopic (exact) mass is 495 g/mol. The number of methoxy groups -OCH3 is 1. The van der Waals surface area contributed by atoms with Crippen molar-refractivity contribution in [3.63, 3.8) is 0 Å². The van der Waals surface area contributed by atoms with E-state index in [2.05, 4.69) is 19.2 Å². The lowest BCUT2D eigenvalue weighted by Gasteiger charge is -2.30. The third-order valence-electron chi connectivity index (χ3n) is 5.04. The first kappa shape index (κ1) is 25.9. The van der Waals surface area contributed by atoms with Crippen molar-refractivity contribution in [1.82, 2.24) is 10.2 Å². The number of hydrogen-bond acceptors (Lipinski definition) is 3. The summed E-state index contributed by atoms with van der Waals surface area (Å²) in [7, 11) is 3.40. The van der Waals surface area contributed by atoms with Crippen LogP contribution in [0.3, 0.4) is 0 Å². The molecule has 5 nitrogen and oxygen atoms in total. The van der Waals surface area contributed by atoms with Crippen LogP contribution in [-0.2, 0) is 6.54 Å². The van der Waals surface area contributed by atoms with Gasteiger partial charge in [0.2, 0.25) is 0 Å². The molecule has 0 unspecified atom stereocenters. The van der Waals surface area contributed by atoms with Gasteiger partial charge in [0.15, 0.2) is 17.5 Å². The highest BCUT2D eigenvalue weighted by atomic mass is 127. The standard InChI is InChI=1S/C20H34FN3O2.HI/c1-6-20(7-2,11-12-25)15-23-19(22-8-3)24(4)14-16-9-10-18(26-5)17(21)13-16;/h9-10,13,25H,6-8,11-12,14-15H2,1-5H3,(H,22,23);1H. The minimum atomic E-state index is -0.362. The van der Waals surface area contributed by atoms with Crippen LogP contribution in [0.2, 0.25) is 0 Å². The predicted molar refractivity (Wildman–Crippen MR) is 121 cm³/mol. The van der Waals surface area contributed by atoms with Gasteiger partial charge in [0.1, 0.15) is 0 Å². The third-order valence-corrected chi connectivity index (χ3v) is 5.04. The van der Waals surface area contributed by atoms with Crippen LogP contribution in [0.4, 0.5) is 4.39 Å². The highest BCUT2D eigenvalue weighted by molar-refractivity contribution is 14.0. The number of guanidine groups is 1. The molecular formula is C20H35FIN3O2. The normalized spacial score (nSPS) is 11.7. The van der Waals surface area contributed by atoms with E-state index in [1.165, 1.54) is 13.2 Å². The van der Waals surface area contributed by atoms with Gasteiger partial charge in [0.05, 0.1) is 7.11 Å². The molecule has 1 aromatic rings. The summed E-state index contributed by atoms with van der Waals surface area (Å²) in [4.78, 5) is 6.79. The molecule has 0 saturated carbocycles. The van der Waals surface area contributed by atoms with Gasteiger partial charge in [-0.05, 0) is 49.3 Å².